The molecule has 3 aliphatic rings. The second-order valence-electron chi connectivity index (χ2n) is 10.4. The number of halogens is 3. The Morgan fingerprint density at radius 3 is 2.46 bits per heavy atom. The molecule has 2 saturated heterocycles. The average molecular weight is 554 g/mol. The molecule has 0 bridgehead atoms. The van der Waals surface area contributed by atoms with Gasteiger partial charge in [-0.2, -0.15) is 22.8 Å². The first-order chi connectivity index (χ1) is 18.5. The van der Waals surface area contributed by atoms with Crippen LogP contribution in [0.25, 0.3) is 11.7 Å². The second kappa shape index (κ2) is 10.3. The average Bonchev–Trinajstić information content (AvgIpc) is 3.60. The molecule has 0 aromatic carbocycles. The number of hydrogen-bond donors (Lipinski definition) is 3. The Labute approximate surface area is 220 Å². The van der Waals surface area contributed by atoms with Gasteiger partial charge in [-0.05, 0) is 37.7 Å². The van der Waals surface area contributed by atoms with Gasteiger partial charge in [0.05, 0.1) is 6.20 Å². The molecule has 11 nitrogen and oxygen atoms in total. The molecule has 1 saturated carbocycles. The fourth-order valence-electron chi connectivity index (χ4n) is 5.02. The van der Waals surface area contributed by atoms with Crippen LogP contribution in [0.15, 0.2) is 17.1 Å². The number of aromatic nitrogens is 3. The molecule has 2 aliphatic heterocycles. The Kier molecular flexibility index (Phi) is 7.18. The number of fused-ring (bicyclic) bond motifs is 1. The first-order valence-electron chi connectivity index (χ1n) is 13.0. The Balaban J connectivity index is 1.45. The minimum Gasteiger partial charge on any atom is -0.494 e. The van der Waals surface area contributed by atoms with Gasteiger partial charge in [0.15, 0.2) is 11.2 Å². The molecule has 212 valence electrons. The number of hydrogen-bond acceptors (Lipinski definition) is 7. The monoisotopic (exact) mass is 553 g/mol. The largest absolute Gasteiger partial charge is 0.494 e. The van der Waals surface area contributed by atoms with E-state index < -0.39 is 53.4 Å². The number of carbonyl (C=O) groups excluding carboxylic acids is 2. The zero-order valence-electron chi connectivity index (χ0n) is 21.1. The number of aromatic hydroxyl groups is 1. The van der Waals surface area contributed by atoms with E-state index in [0.717, 1.165) is 23.4 Å². The molecule has 4 heterocycles. The van der Waals surface area contributed by atoms with Crippen LogP contribution >= 0.6 is 0 Å². The van der Waals surface area contributed by atoms with Crippen LogP contribution in [0.1, 0.15) is 54.4 Å². The van der Waals surface area contributed by atoms with Gasteiger partial charge in [-0.3, -0.25) is 19.0 Å². The minimum absolute atomic E-state index is 0.0417. The lowest BCUT2D eigenvalue weighted by Crippen LogP contribution is -2.54. The Morgan fingerprint density at radius 2 is 1.85 bits per heavy atom. The number of alkyl halides is 3. The van der Waals surface area contributed by atoms with E-state index in [1.807, 2.05) is 0 Å². The highest BCUT2D eigenvalue weighted by Crippen LogP contribution is 2.38. The number of rotatable bonds is 6. The van der Waals surface area contributed by atoms with Crippen molar-refractivity contribution in [2.24, 2.45) is 5.92 Å². The van der Waals surface area contributed by atoms with Crippen molar-refractivity contribution in [1.29, 1.82) is 0 Å². The van der Waals surface area contributed by atoms with E-state index in [0.29, 0.717) is 31.6 Å². The van der Waals surface area contributed by atoms with Crippen molar-refractivity contribution >= 4 is 23.5 Å². The molecule has 3 N–H and O–H groups in total. The van der Waals surface area contributed by atoms with Gasteiger partial charge in [-0.1, -0.05) is 0 Å². The summed E-state index contributed by atoms with van der Waals surface area (Å²) in [6.07, 6.45) is 0.817. The summed E-state index contributed by atoms with van der Waals surface area (Å²) >= 11 is 0. The molecule has 2 aromatic heterocycles. The van der Waals surface area contributed by atoms with Crippen molar-refractivity contribution < 1.29 is 37.7 Å². The molecule has 0 atom stereocenters. The summed E-state index contributed by atoms with van der Waals surface area (Å²) in [6, 6.07) is -0.0417. The molecule has 39 heavy (non-hydrogen) atoms. The predicted octanol–water partition coefficient (Wildman–Crippen LogP) is 1.45. The normalized spacial score (nSPS) is 20.6. The number of nitrogens with zero attached hydrogens (tertiary/aromatic N) is 4. The van der Waals surface area contributed by atoms with E-state index in [1.54, 1.807) is 0 Å². The predicted molar refractivity (Wildman–Crippen MR) is 131 cm³/mol. The second-order valence-corrected chi connectivity index (χ2v) is 10.4. The highest BCUT2D eigenvalue weighted by atomic mass is 19.4. The van der Waals surface area contributed by atoms with E-state index >= 15 is 0 Å². The van der Waals surface area contributed by atoms with Crippen molar-refractivity contribution in [2.45, 2.75) is 62.9 Å². The van der Waals surface area contributed by atoms with Crippen LogP contribution in [-0.2, 0) is 16.1 Å². The highest BCUT2D eigenvalue weighted by Gasteiger charge is 2.54. The molecule has 1 aliphatic carbocycles. The molecule has 0 unspecified atom stereocenters. The molecule has 2 amide bonds. The molecule has 0 radical (unpaired) electrons. The van der Waals surface area contributed by atoms with Crippen LogP contribution < -0.4 is 10.9 Å². The van der Waals surface area contributed by atoms with Crippen LogP contribution in [0.3, 0.4) is 0 Å². The molecular weight excluding hydrogens is 523 g/mol. The van der Waals surface area contributed by atoms with Gasteiger partial charge in [0.1, 0.15) is 5.65 Å². The van der Waals surface area contributed by atoms with Gasteiger partial charge in [0.2, 0.25) is 11.8 Å². The summed E-state index contributed by atoms with van der Waals surface area (Å²) in [5.74, 6) is -1.67. The van der Waals surface area contributed by atoms with E-state index in [-0.39, 0.29) is 37.2 Å². The number of aliphatic hydroxyl groups is 1. The van der Waals surface area contributed by atoms with Gasteiger partial charge < -0.3 is 25.2 Å². The minimum atomic E-state index is -4.78. The third-order valence-electron chi connectivity index (χ3n) is 7.67. The smallest absolute Gasteiger partial charge is 0.417 e. The zero-order chi connectivity index (χ0) is 27.9. The summed E-state index contributed by atoms with van der Waals surface area (Å²) in [5.41, 5.74) is -3.56. The van der Waals surface area contributed by atoms with Gasteiger partial charge in [0, 0.05) is 63.4 Å². The molecule has 2 aromatic rings. The molecular formula is C25H30F3N5O6. The van der Waals surface area contributed by atoms with Crippen LogP contribution in [0.2, 0.25) is 0 Å². The number of ether oxygens (including phenoxy) is 1. The van der Waals surface area contributed by atoms with E-state index in [4.69, 9.17) is 4.74 Å². The van der Waals surface area contributed by atoms with E-state index in [1.165, 1.54) is 21.7 Å². The van der Waals surface area contributed by atoms with Crippen molar-refractivity contribution in [3.05, 3.63) is 33.8 Å². The van der Waals surface area contributed by atoms with Crippen LogP contribution in [0.5, 0.6) is 5.88 Å². The zero-order valence-corrected chi connectivity index (χ0v) is 21.1. The quantitative estimate of drug-likeness (QED) is 0.461. The first-order valence-corrected chi connectivity index (χ1v) is 13.0. The Hall–Kier alpha value is -3.39. The Morgan fingerprint density at radius 1 is 1.18 bits per heavy atom. The van der Waals surface area contributed by atoms with Crippen LogP contribution in [0, 0.1) is 5.92 Å². The number of piperidine rings is 1. The van der Waals surface area contributed by atoms with Crippen molar-refractivity contribution in [3.63, 3.8) is 0 Å². The number of likely N-dealkylation sites (tertiary alicyclic amines) is 1. The first kappa shape index (κ1) is 27.2. The third kappa shape index (κ3) is 5.39. The van der Waals surface area contributed by atoms with Crippen molar-refractivity contribution in [2.75, 3.05) is 26.3 Å². The molecule has 14 heteroatoms. The maximum Gasteiger partial charge on any atom is 0.417 e. The highest BCUT2D eigenvalue weighted by molar-refractivity contribution is 5.97. The standard InChI is InChI=1S/C25H30F3N5O6/c26-25(27,28)24(38)7-9-31(10-8-24)18(34)4-1-16-13-29-33-21(16)32(14-15-5-11-39-12-6-15)22(36)19(23(33)37)20(35)30-17-2-3-17/h1,4,13,15,17,36,38H,2-3,5-12,14H2,(H,30,35). The van der Waals surface area contributed by atoms with E-state index in [9.17, 15) is 37.8 Å². The van der Waals surface area contributed by atoms with Crippen molar-refractivity contribution in [1.82, 2.24) is 24.4 Å². The fourth-order valence-corrected chi connectivity index (χ4v) is 5.02. The third-order valence-corrected chi connectivity index (χ3v) is 7.67. The summed E-state index contributed by atoms with van der Waals surface area (Å²) < 4.78 is 47.2. The summed E-state index contributed by atoms with van der Waals surface area (Å²) in [4.78, 5) is 40.0. The van der Waals surface area contributed by atoms with Crippen molar-refractivity contribution in [3.8, 4) is 5.88 Å². The maximum absolute atomic E-state index is 13.2. The summed E-state index contributed by atoms with van der Waals surface area (Å²) in [6.45, 7) is 0.796. The van der Waals surface area contributed by atoms with Gasteiger partial charge in [-0.15, -0.1) is 0 Å². The lowest BCUT2D eigenvalue weighted by atomic mass is 9.91. The fraction of sp³-hybridized carbons (Fsp3) is 0.600. The van der Waals surface area contributed by atoms with Crippen LogP contribution in [-0.4, -0.2) is 85.2 Å². The Bertz CT molecular complexity index is 1350. The maximum atomic E-state index is 13.2. The lowest BCUT2D eigenvalue weighted by Gasteiger charge is -2.38. The SMILES string of the molecule is O=C(NC1CC1)c1c(O)n(CC2CCOCC2)c2c(C=CC(=O)N3CCC(O)(C(F)(F)F)CC3)cnn2c1=O. The summed E-state index contributed by atoms with van der Waals surface area (Å²) in [5, 5.41) is 27.8. The summed E-state index contributed by atoms with van der Waals surface area (Å²) in [7, 11) is 0. The molecule has 3 fully saturated rings. The van der Waals surface area contributed by atoms with Gasteiger partial charge >= 0.3 is 6.18 Å². The molecule has 5 rings (SSSR count). The van der Waals surface area contributed by atoms with E-state index in [2.05, 4.69) is 10.4 Å². The number of carbonyl (C=O) groups is 2. The lowest BCUT2D eigenvalue weighted by molar-refractivity contribution is -0.271. The molecule has 0 spiro atoms. The topological polar surface area (TPSA) is 138 Å². The number of nitrogens with one attached hydrogen (secondary N) is 1. The van der Waals surface area contributed by atoms with Gasteiger partial charge in [0.25, 0.3) is 11.5 Å². The van der Waals surface area contributed by atoms with Gasteiger partial charge in [-0.25, -0.2) is 0 Å². The number of amides is 2. The van der Waals surface area contributed by atoms with Crippen LogP contribution in [0.4, 0.5) is 13.2 Å².